The Labute approximate surface area is 112 Å². The van der Waals surface area contributed by atoms with Crippen molar-refractivity contribution in [3.63, 3.8) is 0 Å². The molecular weight excluding hydrogens is 243 g/mol. The number of nitrogens with zero attached hydrogens (tertiary/aromatic N) is 2. The topological polar surface area (TPSA) is 25.2 Å². The van der Waals surface area contributed by atoms with Crippen LogP contribution in [0.15, 0.2) is 42.7 Å². The number of rotatable bonds is 5. The number of carbonyl (C=O) groups excluding carboxylic acids is 1. The van der Waals surface area contributed by atoms with Crippen molar-refractivity contribution in [2.24, 2.45) is 7.05 Å². The van der Waals surface area contributed by atoms with Crippen molar-refractivity contribution in [2.45, 2.75) is 6.92 Å². The second-order valence-corrected chi connectivity index (χ2v) is 4.48. The molecule has 3 nitrogen and oxygen atoms in total. The summed E-state index contributed by atoms with van der Waals surface area (Å²) in [5.74, 6) is -0.255. The van der Waals surface area contributed by atoms with Crippen molar-refractivity contribution in [1.29, 1.82) is 0 Å². The van der Waals surface area contributed by atoms with Gasteiger partial charge in [0.05, 0.1) is 6.54 Å². The molecule has 0 unspecified atom stereocenters. The zero-order valence-corrected chi connectivity index (χ0v) is 11.1. The minimum Gasteiger partial charge on any atom is -0.364 e. The largest absolute Gasteiger partial charge is 0.364 e. The molecule has 0 saturated heterocycles. The van der Waals surface area contributed by atoms with Gasteiger partial charge in [0.2, 0.25) is 0 Å². The van der Waals surface area contributed by atoms with Gasteiger partial charge in [0.15, 0.2) is 5.78 Å². The van der Waals surface area contributed by atoms with Crippen LogP contribution in [0, 0.1) is 5.82 Å². The molecule has 19 heavy (non-hydrogen) atoms. The van der Waals surface area contributed by atoms with Gasteiger partial charge in [-0.2, -0.15) is 0 Å². The minimum atomic E-state index is -0.289. The molecular formula is C15H17FN2O. The predicted molar refractivity (Wildman–Crippen MR) is 74.0 cm³/mol. The number of halogens is 1. The molecule has 0 radical (unpaired) electrons. The highest BCUT2D eigenvalue weighted by Gasteiger charge is 2.13. The van der Waals surface area contributed by atoms with Gasteiger partial charge in [0.1, 0.15) is 5.82 Å². The second kappa shape index (κ2) is 5.69. The van der Waals surface area contributed by atoms with Crippen molar-refractivity contribution >= 4 is 11.5 Å². The van der Waals surface area contributed by atoms with Gasteiger partial charge in [0.25, 0.3) is 0 Å². The summed E-state index contributed by atoms with van der Waals surface area (Å²) < 4.78 is 15.1. The molecule has 0 aliphatic heterocycles. The van der Waals surface area contributed by atoms with Crippen LogP contribution in [0.2, 0.25) is 0 Å². The summed E-state index contributed by atoms with van der Waals surface area (Å²) in [4.78, 5) is 14.0. The fourth-order valence-electron chi connectivity index (χ4n) is 1.99. The molecule has 1 heterocycles. The molecule has 2 rings (SSSR count). The van der Waals surface area contributed by atoms with Gasteiger partial charge in [-0.15, -0.1) is 0 Å². The summed E-state index contributed by atoms with van der Waals surface area (Å²) in [5, 5.41) is 0. The highest BCUT2D eigenvalue weighted by atomic mass is 19.1. The zero-order chi connectivity index (χ0) is 13.8. The number of anilines is 1. The number of benzene rings is 1. The standard InChI is InChI=1S/C15H17FN2O/c1-3-18(14-6-4-5-13(16)9-14)11-15(19)12-7-8-17(2)10-12/h4-10H,3,11H2,1-2H3. The van der Waals surface area contributed by atoms with Crippen LogP contribution in [0.5, 0.6) is 0 Å². The summed E-state index contributed by atoms with van der Waals surface area (Å²) >= 11 is 0. The Morgan fingerprint density at radius 1 is 1.37 bits per heavy atom. The molecule has 1 aromatic carbocycles. The quantitative estimate of drug-likeness (QED) is 0.772. The maximum Gasteiger partial charge on any atom is 0.183 e. The van der Waals surface area contributed by atoms with Crippen LogP contribution in [0.25, 0.3) is 0 Å². The fraction of sp³-hybridized carbons (Fsp3) is 0.267. The summed E-state index contributed by atoms with van der Waals surface area (Å²) in [6.07, 6.45) is 3.63. The Bertz CT molecular complexity index is 577. The number of ketones is 1. The molecule has 100 valence electrons. The third-order valence-corrected chi connectivity index (χ3v) is 3.04. The number of hydrogen-bond donors (Lipinski definition) is 0. The van der Waals surface area contributed by atoms with E-state index in [1.165, 1.54) is 12.1 Å². The number of hydrogen-bond acceptors (Lipinski definition) is 2. The smallest absolute Gasteiger partial charge is 0.183 e. The van der Waals surface area contributed by atoms with Crippen molar-refractivity contribution in [3.05, 3.63) is 54.1 Å². The van der Waals surface area contributed by atoms with Crippen molar-refractivity contribution < 1.29 is 9.18 Å². The van der Waals surface area contributed by atoms with Crippen LogP contribution < -0.4 is 4.90 Å². The van der Waals surface area contributed by atoms with Crippen LogP contribution in [0.3, 0.4) is 0 Å². The summed E-state index contributed by atoms with van der Waals surface area (Å²) in [6, 6.07) is 8.10. The zero-order valence-electron chi connectivity index (χ0n) is 11.1. The highest BCUT2D eigenvalue weighted by molar-refractivity contribution is 5.99. The van der Waals surface area contributed by atoms with E-state index in [-0.39, 0.29) is 18.1 Å². The first-order chi connectivity index (χ1) is 9.10. The summed E-state index contributed by atoms with van der Waals surface area (Å²) in [5.41, 5.74) is 1.41. The molecule has 1 aromatic heterocycles. The first-order valence-electron chi connectivity index (χ1n) is 6.26. The Morgan fingerprint density at radius 2 is 2.16 bits per heavy atom. The Hall–Kier alpha value is -2.10. The Kier molecular flexibility index (Phi) is 4.00. The van der Waals surface area contributed by atoms with Gasteiger partial charge in [-0.05, 0) is 31.2 Å². The van der Waals surface area contributed by atoms with Crippen LogP contribution >= 0.6 is 0 Å². The first-order valence-corrected chi connectivity index (χ1v) is 6.26. The first kappa shape index (κ1) is 13.3. The molecule has 0 bridgehead atoms. The molecule has 0 aliphatic carbocycles. The van der Waals surface area contributed by atoms with E-state index < -0.39 is 0 Å². The van der Waals surface area contributed by atoms with E-state index in [1.54, 1.807) is 18.3 Å². The summed E-state index contributed by atoms with van der Waals surface area (Å²) in [6.45, 7) is 2.86. The Morgan fingerprint density at radius 3 is 2.74 bits per heavy atom. The van der Waals surface area contributed by atoms with Crippen LogP contribution in [0.4, 0.5) is 10.1 Å². The number of carbonyl (C=O) groups is 1. The lowest BCUT2D eigenvalue weighted by molar-refractivity contribution is 0.0999. The molecule has 2 aromatic rings. The molecule has 0 fully saturated rings. The van der Waals surface area contributed by atoms with Crippen molar-refractivity contribution in [2.75, 3.05) is 18.0 Å². The van der Waals surface area contributed by atoms with E-state index >= 15 is 0 Å². The SMILES string of the molecule is CCN(CC(=O)c1ccn(C)c1)c1cccc(F)c1. The molecule has 0 atom stereocenters. The van der Waals surface area contributed by atoms with E-state index in [9.17, 15) is 9.18 Å². The fourth-order valence-corrected chi connectivity index (χ4v) is 1.99. The number of Topliss-reactive ketones (excluding diaryl/α,β-unsaturated/α-hetero) is 1. The summed E-state index contributed by atoms with van der Waals surface area (Å²) in [7, 11) is 1.88. The minimum absolute atomic E-state index is 0.0340. The van der Waals surface area contributed by atoms with Gasteiger partial charge in [-0.3, -0.25) is 4.79 Å². The predicted octanol–water partition coefficient (Wildman–Crippen LogP) is 2.87. The number of aryl methyl sites for hydroxylation is 1. The van der Waals surface area contributed by atoms with E-state index in [0.29, 0.717) is 12.1 Å². The van der Waals surface area contributed by atoms with Gasteiger partial charge in [-0.1, -0.05) is 6.07 Å². The lowest BCUT2D eigenvalue weighted by Crippen LogP contribution is -2.29. The molecule has 0 saturated carbocycles. The average molecular weight is 260 g/mol. The molecule has 0 N–H and O–H groups in total. The van der Waals surface area contributed by atoms with Gasteiger partial charge < -0.3 is 9.47 Å². The Balaban J connectivity index is 2.13. The molecule has 4 heteroatoms. The van der Waals surface area contributed by atoms with Crippen molar-refractivity contribution in [1.82, 2.24) is 4.57 Å². The van der Waals surface area contributed by atoms with E-state index in [2.05, 4.69) is 0 Å². The van der Waals surface area contributed by atoms with Crippen LogP contribution in [-0.2, 0) is 7.05 Å². The molecule has 0 aliphatic rings. The maximum absolute atomic E-state index is 13.2. The van der Waals surface area contributed by atoms with Crippen molar-refractivity contribution in [3.8, 4) is 0 Å². The third-order valence-electron chi connectivity index (χ3n) is 3.04. The van der Waals surface area contributed by atoms with Gasteiger partial charge in [-0.25, -0.2) is 4.39 Å². The maximum atomic E-state index is 13.2. The van der Waals surface area contributed by atoms with E-state index in [1.807, 2.05) is 35.7 Å². The molecule has 0 spiro atoms. The van der Waals surface area contributed by atoms with E-state index in [4.69, 9.17) is 0 Å². The van der Waals surface area contributed by atoms with Gasteiger partial charge >= 0.3 is 0 Å². The van der Waals surface area contributed by atoms with Gasteiger partial charge in [0, 0.05) is 37.2 Å². The normalized spacial score (nSPS) is 10.5. The number of likely N-dealkylation sites (N-methyl/N-ethyl adjacent to an activating group) is 1. The second-order valence-electron chi connectivity index (χ2n) is 4.48. The lowest BCUT2D eigenvalue weighted by Gasteiger charge is -2.22. The number of aromatic nitrogens is 1. The lowest BCUT2D eigenvalue weighted by atomic mass is 10.2. The van der Waals surface area contributed by atoms with Crippen LogP contribution in [0.1, 0.15) is 17.3 Å². The molecule has 0 amide bonds. The average Bonchev–Trinajstić information content (AvgIpc) is 2.82. The van der Waals surface area contributed by atoms with Crippen LogP contribution in [-0.4, -0.2) is 23.4 Å². The third kappa shape index (κ3) is 3.22. The van der Waals surface area contributed by atoms with E-state index in [0.717, 1.165) is 5.69 Å². The monoisotopic (exact) mass is 260 g/mol. The highest BCUT2D eigenvalue weighted by Crippen LogP contribution is 2.16.